The lowest BCUT2D eigenvalue weighted by Gasteiger charge is -2.17. The third-order valence-corrected chi connectivity index (χ3v) is 2.72. The van der Waals surface area contributed by atoms with Crippen molar-refractivity contribution >= 4 is 0 Å². The summed E-state index contributed by atoms with van der Waals surface area (Å²) in [6, 6.07) is 5.57. The van der Waals surface area contributed by atoms with Gasteiger partial charge in [-0.15, -0.1) is 0 Å². The maximum Gasteiger partial charge on any atom is 0.406 e. The third-order valence-electron chi connectivity index (χ3n) is 2.72. The number of aromatic nitrogens is 3. The summed E-state index contributed by atoms with van der Waals surface area (Å²) < 4.78 is 38.4. The van der Waals surface area contributed by atoms with Gasteiger partial charge in [0.25, 0.3) is 0 Å². The van der Waals surface area contributed by atoms with Gasteiger partial charge in [-0.3, -0.25) is 9.88 Å². The van der Waals surface area contributed by atoms with Gasteiger partial charge in [0, 0.05) is 25.1 Å². The van der Waals surface area contributed by atoms with E-state index >= 15 is 0 Å². The number of hydrogen-bond donors (Lipinski definition) is 0. The summed E-state index contributed by atoms with van der Waals surface area (Å²) in [4.78, 5) is 10.0. The highest BCUT2D eigenvalue weighted by Crippen LogP contribution is 2.18. The Bertz CT molecular complexity index is 536. The van der Waals surface area contributed by atoms with Crippen LogP contribution < -0.4 is 0 Å². The van der Waals surface area contributed by atoms with E-state index in [1.165, 1.54) is 12.4 Å². The van der Waals surface area contributed by atoms with E-state index in [1.54, 1.807) is 6.20 Å². The van der Waals surface area contributed by atoms with E-state index in [2.05, 4.69) is 9.97 Å². The van der Waals surface area contributed by atoms with Crippen molar-refractivity contribution in [2.24, 2.45) is 0 Å². The van der Waals surface area contributed by atoms with Crippen molar-refractivity contribution < 1.29 is 13.2 Å². The number of alkyl halides is 3. The van der Waals surface area contributed by atoms with Crippen molar-refractivity contribution in [1.82, 2.24) is 19.4 Å². The van der Waals surface area contributed by atoms with Crippen LogP contribution >= 0.6 is 0 Å². The van der Waals surface area contributed by atoms with Gasteiger partial charge >= 0.3 is 6.18 Å². The largest absolute Gasteiger partial charge is 0.406 e. The van der Waals surface area contributed by atoms with Crippen molar-refractivity contribution in [3.63, 3.8) is 0 Å². The van der Waals surface area contributed by atoms with Gasteiger partial charge in [-0.05, 0) is 19.2 Å². The van der Waals surface area contributed by atoms with E-state index in [9.17, 15) is 13.2 Å². The molecule has 108 valence electrons. The topological polar surface area (TPSA) is 34.0 Å². The summed E-state index contributed by atoms with van der Waals surface area (Å²) in [5.41, 5.74) is 0.865. The van der Waals surface area contributed by atoms with Crippen molar-refractivity contribution in [2.75, 3.05) is 7.05 Å². The Kier molecular flexibility index (Phi) is 4.39. The zero-order valence-corrected chi connectivity index (χ0v) is 11.0. The third kappa shape index (κ3) is 4.34. The molecule has 0 atom stereocenters. The average molecular weight is 284 g/mol. The van der Waals surface area contributed by atoms with E-state index in [1.807, 2.05) is 30.1 Å². The van der Waals surface area contributed by atoms with E-state index < -0.39 is 12.7 Å². The number of halogens is 3. The smallest absolute Gasteiger partial charge is 0.325 e. The molecule has 0 unspecified atom stereocenters. The first-order valence-corrected chi connectivity index (χ1v) is 6.09. The monoisotopic (exact) mass is 284 g/mol. The van der Waals surface area contributed by atoms with Crippen LogP contribution in [0, 0.1) is 0 Å². The molecule has 0 bridgehead atoms. The highest BCUT2D eigenvalue weighted by molar-refractivity contribution is 5.03. The fourth-order valence-electron chi connectivity index (χ4n) is 1.89. The minimum atomic E-state index is -4.24. The van der Waals surface area contributed by atoms with E-state index in [-0.39, 0.29) is 0 Å². The number of pyridine rings is 1. The second kappa shape index (κ2) is 6.04. The van der Waals surface area contributed by atoms with Gasteiger partial charge in [-0.2, -0.15) is 13.2 Å². The van der Waals surface area contributed by atoms with Crippen LogP contribution in [0.1, 0.15) is 11.5 Å². The molecule has 2 heterocycles. The Labute approximate surface area is 114 Å². The van der Waals surface area contributed by atoms with Gasteiger partial charge in [-0.1, -0.05) is 6.07 Å². The van der Waals surface area contributed by atoms with Crippen LogP contribution in [-0.4, -0.2) is 32.7 Å². The van der Waals surface area contributed by atoms with Crippen LogP contribution in [0.4, 0.5) is 13.2 Å². The second-order valence-electron chi connectivity index (χ2n) is 4.58. The second-order valence-corrected chi connectivity index (χ2v) is 4.58. The van der Waals surface area contributed by atoms with Crippen LogP contribution in [0.5, 0.6) is 0 Å². The Morgan fingerprint density at radius 3 is 2.60 bits per heavy atom. The Hall–Kier alpha value is -1.89. The molecular weight excluding hydrogens is 269 g/mol. The highest BCUT2D eigenvalue weighted by Gasteiger charge is 2.28. The molecule has 0 radical (unpaired) electrons. The van der Waals surface area contributed by atoms with Crippen molar-refractivity contribution in [3.8, 4) is 0 Å². The van der Waals surface area contributed by atoms with Gasteiger partial charge in [-0.25, -0.2) is 4.98 Å². The van der Waals surface area contributed by atoms with Gasteiger partial charge in [0.15, 0.2) is 0 Å². The molecule has 2 aromatic rings. The number of hydrogen-bond acceptors (Lipinski definition) is 3. The first-order chi connectivity index (χ1) is 9.44. The summed E-state index contributed by atoms with van der Waals surface area (Å²) >= 11 is 0. The first-order valence-electron chi connectivity index (χ1n) is 6.09. The van der Waals surface area contributed by atoms with E-state index in [0.29, 0.717) is 18.9 Å². The molecule has 20 heavy (non-hydrogen) atoms. The Balaban J connectivity index is 1.98. The summed E-state index contributed by atoms with van der Waals surface area (Å²) in [7, 11) is 1.82. The molecular formula is C13H15F3N4. The minimum Gasteiger partial charge on any atom is -0.325 e. The van der Waals surface area contributed by atoms with Crippen molar-refractivity contribution in [3.05, 3.63) is 48.3 Å². The lowest BCUT2D eigenvalue weighted by molar-refractivity contribution is -0.141. The molecule has 2 rings (SSSR count). The fraction of sp³-hybridized carbons (Fsp3) is 0.385. The Morgan fingerprint density at radius 1 is 1.15 bits per heavy atom. The number of nitrogens with zero attached hydrogens (tertiary/aromatic N) is 4. The van der Waals surface area contributed by atoms with Crippen LogP contribution in [0.25, 0.3) is 0 Å². The molecule has 0 saturated carbocycles. The van der Waals surface area contributed by atoms with Gasteiger partial charge in [0.05, 0.1) is 12.2 Å². The molecule has 0 aliphatic carbocycles. The molecule has 7 heteroatoms. The normalized spacial score (nSPS) is 12.1. The molecule has 0 amide bonds. The maximum atomic E-state index is 12.4. The van der Waals surface area contributed by atoms with E-state index in [0.717, 1.165) is 10.3 Å². The molecule has 0 fully saturated rings. The molecule has 0 saturated heterocycles. The van der Waals surface area contributed by atoms with Gasteiger partial charge in [0.2, 0.25) is 0 Å². The average Bonchev–Trinajstić information content (AvgIpc) is 2.75. The molecule has 4 nitrogen and oxygen atoms in total. The summed E-state index contributed by atoms with van der Waals surface area (Å²) in [5, 5.41) is 0. The predicted molar refractivity (Wildman–Crippen MR) is 67.7 cm³/mol. The lowest BCUT2D eigenvalue weighted by atomic mass is 10.3. The fourth-order valence-corrected chi connectivity index (χ4v) is 1.89. The van der Waals surface area contributed by atoms with Gasteiger partial charge < -0.3 is 4.57 Å². The standard InChI is InChI=1S/C13H15F3N4/c1-19(8-11-4-2-3-5-17-11)9-12-18-6-7-20(12)10-13(14,15)16/h2-7H,8-10H2,1H3. The summed E-state index contributed by atoms with van der Waals surface area (Å²) in [6.45, 7) is -0.126. The number of imidazole rings is 1. The molecule has 0 aliphatic heterocycles. The maximum absolute atomic E-state index is 12.4. The molecule has 0 N–H and O–H groups in total. The Morgan fingerprint density at radius 2 is 1.95 bits per heavy atom. The molecule has 2 aromatic heterocycles. The molecule has 0 spiro atoms. The van der Waals surface area contributed by atoms with E-state index in [4.69, 9.17) is 0 Å². The minimum absolute atomic E-state index is 0.333. The lowest BCUT2D eigenvalue weighted by Crippen LogP contribution is -2.24. The summed E-state index contributed by atoms with van der Waals surface area (Å²) in [5.74, 6) is 0.390. The highest BCUT2D eigenvalue weighted by atomic mass is 19.4. The van der Waals surface area contributed by atoms with Crippen molar-refractivity contribution in [2.45, 2.75) is 25.8 Å². The SMILES string of the molecule is CN(Cc1ccccn1)Cc1nccn1CC(F)(F)F. The zero-order valence-electron chi connectivity index (χ0n) is 11.0. The molecule has 0 aromatic carbocycles. The van der Waals surface area contributed by atoms with Crippen LogP contribution in [-0.2, 0) is 19.6 Å². The van der Waals surface area contributed by atoms with Crippen LogP contribution in [0.15, 0.2) is 36.8 Å². The first kappa shape index (κ1) is 14.5. The van der Waals surface area contributed by atoms with Crippen LogP contribution in [0.2, 0.25) is 0 Å². The van der Waals surface area contributed by atoms with Crippen molar-refractivity contribution in [1.29, 1.82) is 0 Å². The predicted octanol–water partition coefficient (Wildman–Crippen LogP) is 2.47. The van der Waals surface area contributed by atoms with Crippen LogP contribution in [0.3, 0.4) is 0 Å². The zero-order chi connectivity index (χ0) is 14.6. The molecule has 0 aliphatic rings. The van der Waals surface area contributed by atoms with Gasteiger partial charge in [0.1, 0.15) is 12.4 Å². The summed E-state index contributed by atoms with van der Waals surface area (Å²) in [6.07, 6.45) is 0.176. The number of rotatable bonds is 5. The quantitative estimate of drug-likeness (QED) is 0.846.